The highest BCUT2D eigenvalue weighted by atomic mass is 19.1. The number of benzene rings is 1. The minimum Gasteiger partial charge on any atom is -0.459 e. The molecule has 1 aromatic carbocycles. The minimum absolute atomic E-state index is 0.179. The zero-order chi connectivity index (χ0) is 15.9. The molecular formula is C16H17FN2O3. The van der Waals surface area contributed by atoms with E-state index in [2.05, 4.69) is 10.6 Å². The predicted octanol–water partition coefficient (Wildman–Crippen LogP) is 2.88. The smallest absolute Gasteiger partial charge is 0.286 e. The molecule has 0 atom stereocenters. The molecule has 2 amide bonds. The lowest BCUT2D eigenvalue weighted by Crippen LogP contribution is -2.25. The second-order valence-corrected chi connectivity index (χ2v) is 4.84. The average molecular weight is 304 g/mol. The van der Waals surface area contributed by atoms with Crippen LogP contribution < -0.4 is 10.6 Å². The Balaban J connectivity index is 1.71. The molecule has 22 heavy (non-hydrogen) atoms. The molecule has 5 nitrogen and oxygen atoms in total. The maximum Gasteiger partial charge on any atom is 0.286 e. The van der Waals surface area contributed by atoms with Crippen LogP contribution in [0.1, 0.15) is 29.0 Å². The Labute approximate surface area is 127 Å². The third-order valence-electron chi connectivity index (χ3n) is 3.07. The molecule has 0 radical (unpaired) electrons. The van der Waals surface area contributed by atoms with Crippen molar-refractivity contribution in [3.05, 3.63) is 53.7 Å². The van der Waals surface area contributed by atoms with Crippen LogP contribution in [-0.2, 0) is 4.79 Å². The SMILES string of the molecule is Cc1cc(F)ccc1NC(=O)CCCNC(=O)c1ccco1. The van der Waals surface area contributed by atoms with Crippen LogP contribution in [0.4, 0.5) is 10.1 Å². The summed E-state index contributed by atoms with van der Waals surface area (Å²) in [7, 11) is 0. The zero-order valence-electron chi connectivity index (χ0n) is 12.2. The molecule has 0 spiro atoms. The third kappa shape index (κ3) is 4.44. The number of carbonyl (C=O) groups excluding carboxylic acids is 2. The van der Waals surface area contributed by atoms with Crippen molar-refractivity contribution < 1.29 is 18.4 Å². The molecule has 0 aliphatic heterocycles. The van der Waals surface area contributed by atoms with E-state index in [9.17, 15) is 14.0 Å². The summed E-state index contributed by atoms with van der Waals surface area (Å²) < 4.78 is 17.9. The van der Waals surface area contributed by atoms with Gasteiger partial charge in [-0.05, 0) is 49.2 Å². The van der Waals surface area contributed by atoms with Gasteiger partial charge in [0, 0.05) is 18.7 Å². The number of aryl methyl sites for hydroxylation is 1. The molecular weight excluding hydrogens is 287 g/mol. The number of rotatable bonds is 6. The topological polar surface area (TPSA) is 71.3 Å². The van der Waals surface area contributed by atoms with Crippen LogP contribution in [0, 0.1) is 12.7 Å². The Morgan fingerprint density at radius 2 is 2.09 bits per heavy atom. The fourth-order valence-electron chi connectivity index (χ4n) is 1.93. The molecule has 0 aliphatic rings. The van der Waals surface area contributed by atoms with E-state index in [-0.39, 0.29) is 29.8 Å². The van der Waals surface area contributed by atoms with Crippen molar-refractivity contribution in [2.45, 2.75) is 19.8 Å². The number of amides is 2. The van der Waals surface area contributed by atoms with Gasteiger partial charge >= 0.3 is 0 Å². The van der Waals surface area contributed by atoms with Gasteiger partial charge in [-0.2, -0.15) is 0 Å². The number of nitrogens with one attached hydrogen (secondary N) is 2. The van der Waals surface area contributed by atoms with Crippen molar-refractivity contribution in [3.8, 4) is 0 Å². The van der Waals surface area contributed by atoms with Gasteiger partial charge in [-0.15, -0.1) is 0 Å². The molecule has 2 rings (SSSR count). The zero-order valence-corrected chi connectivity index (χ0v) is 12.2. The van der Waals surface area contributed by atoms with Crippen LogP contribution in [-0.4, -0.2) is 18.4 Å². The van der Waals surface area contributed by atoms with Crippen LogP contribution in [0.5, 0.6) is 0 Å². The van der Waals surface area contributed by atoms with Crippen molar-refractivity contribution in [1.29, 1.82) is 0 Å². The number of anilines is 1. The van der Waals surface area contributed by atoms with Crippen molar-refractivity contribution in [2.24, 2.45) is 0 Å². The molecule has 6 heteroatoms. The summed E-state index contributed by atoms with van der Waals surface area (Å²) in [6, 6.07) is 7.39. The summed E-state index contributed by atoms with van der Waals surface area (Å²) in [6.07, 6.45) is 2.18. The van der Waals surface area contributed by atoms with Gasteiger partial charge in [0.2, 0.25) is 5.91 Å². The summed E-state index contributed by atoms with van der Waals surface area (Å²) in [4.78, 5) is 23.4. The molecule has 1 aromatic heterocycles. The van der Waals surface area contributed by atoms with Gasteiger partial charge < -0.3 is 15.1 Å². The van der Waals surface area contributed by atoms with Crippen molar-refractivity contribution >= 4 is 17.5 Å². The maximum atomic E-state index is 13.0. The normalized spacial score (nSPS) is 10.3. The summed E-state index contributed by atoms with van der Waals surface area (Å²) in [5.74, 6) is -0.579. The lowest BCUT2D eigenvalue weighted by molar-refractivity contribution is -0.116. The molecule has 2 N–H and O–H groups in total. The number of halogens is 1. The van der Waals surface area contributed by atoms with Gasteiger partial charge in [-0.1, -0.05) is 0 Å². The summed E-state index contributed by atoms with van der Waals surface area (Å²) in [5, 5.41) is 5.38. The molecule has 116 valence electrons. The molecule has 0 saturated heterocycles. The lowest BCUT2D eigenvalue weighted by Gasteiger charge is -2.08. The lowest BCUT2D eigenvalue weighted by atomic mass is 10.2. The first kappa shape index (κ1) is 15.8. The van der Waals surface area contributed by atoms with Gasteiger partial charge in [0.15, 0.2) is 5.76 Å². The van der Waals surface area contributed by atoms with E-state index >= 15 is 0 Å². The highest BCUT2D eigenvalue weighted by Crippen LogP contribution is 2.15. The Hall–Kier alpha value is -2.63. The molecule has 0 unspecified atom stereocenters. The number of hydrogen-bond acceptors (Lipinski definition) is 3. The molecule has 0 fully saturated rings. The van der Waals surface area contributed by atoms with E-state index in [4.69, 9.17) is 4.42 Å². The minimum atomic E-state index is -0.337. The Bertz CT molecular complexity index is 653. The van der Waals surface area contributed by atoms with E-state index in [0.717, 1.165) is 0 Å². The van der Waals surface area contributed by atoms with Crippen LogP contribution in [0.15, 0.2) is 41.0 Å². The molecule has 1 heterocycles. The van der Waals surface area contributed by atoms with Gasteiger partial charge in [0.05, 0.1) is 6.26 Å². The predicted molar refractivity (Wildman–Crippen MR) is 80.0 cm³/mol. The standard InChI is InChI=1S/C16H17FN2O3/c1-11-10-12(17)6-7-13(11)19-15(20)5-2-8-18-16(21)14-4-3-9-22-14/h3-4,6-7,9-10H,2,5,8H2,1H3,(H,18,21)(H,19,20). The van der Waals surface area contributed by atoms with E-state index in [1.807, 2.05) is 0 Å². The van der Waals surface area contributed by atoms with Gasteiger partial charge in [0.1, 0.15) is 5.82 Å². The van der Waals surface area contributed by atoms with Crippen molar-refractivity contribution in [1.82, 2.24) is 5.32 Å². The van der Waals surface area contributed by atoms with Crippen LogP contribution in [0.2, 0.25) is 0 Å². The van der Waals surface area contributed by atoms with Gasteiger partial charge in [-0.25, -0.2) is 4.39 Å². The summed E-state index contributed by atoms with van der Waals surface area (Å²) in [6.45, 7) is 2.09. The maximum absolute atomic E-state index is 13.0. The van der Waals surface area contributed by atoms with Gasteiger partial charge in [0.25, 0.3) is 5.91 Å². The van der Waals surface area contributed by atoms with Crippen molar-refractivity contribution in [3.63, 3.8) is 0 Å². The van der Waals surface area contributed by atoms with E-state index in [0.29, 0.717) is 24.2 Å². The van der Waals surface area contributed by atoms with Crippen molar-refractivity contribution in [2.75, 3.05) is 11.9 Å². The number of furan rings is 1. The van der Waals surface area contributed by atoms with Gasteiger partial charge in [-0.3, -0.25) is 9.59 Å². The summed E-state index contributed by atoms with van der Waals surface area (Å²) in [5.41, 5.74) is 1.26. The molecule has 0 aliphatic carbocycles. The summed E-state index contributed by atoms with van der Waals surface area (Å²) >= 11 is 0. The van der Waals surface area contributed by atoms with E-state index < -0.39 is 0 Å². The molecule has 2 aromatic rings. The Morgan fingerprint density at radius 1 is 1.27 bits per heavy atom. The quantitative estimate of drug-likeness (QED) is 0.806. The van der Waals surface area contributed by atoms with Crippen LogP contribution in [0.3, 0.4) is 0 Å². The second kappa shape index (κ2) is 7.40. The fraction of sp³-hybridized carbons (Fsp3) is 0.250. The average Bonchev–Trinajstić information content (AvgIpc) is 3.01. The highest BCUT2D eigenvalue weighted by molar-refractivity contribution is 5.92. The number of hydrogen-bond donors (Lipinski definition) is 2. The van der Waals surface area contributed by atoms with Crippen LogP contribution >= 0.6 is 0 Å². The highest BCUT2D eigenvalue weighted by Gasteiger charge is 2.08. The first-order chi connectivity index (χ1) is 10.6. The first-order valence-corrected chi connectivity index (χ1v) is 6.94. The van der Waals surface area contributed by atoms with E-state index in [1.165, 1.54) is 24.5 Å². The fourth-order valence-corrected chi connectivity index (χ4v) is 1.93. The molecule has 0 saturated carbocycles. The van der Waals surface area contributed by atoms with Crippen LogP contribution in [0.25, 0.3) is 0 Å². The third-order valence-corrected chi connectivity index (χ3v) is 3.07. The first-order valence-electron chi connectivity index (χ1n) is 6.94. The Kier molecular flexibility index (Phi) is 5.30. The van der Waals surface area contributed by atoms with E-state index in [1.54, 1.807) is 19.1 Å². The largest absolute Gasteiger partial charge is 0.459 e. The molecule has 0 bridgehead atoms. The Morgan fingerprint density at radius 3 is 2.77 bits per heavy atom. The second-order valence-electron chi connectivity index (χ2n) is 4.84. The monoisotopic (exact) mass is 304 g/mol. The number of carbonyl (C=O) groups is 2.